The van der Waals surface area contributed by atoms with E-state index in [4.69, 9.17) is 11.6 Å². The number of urea groups is 1. The van der Waals surface area contributed by atoms with Crippen molar-refractivity contribution in [3.63, 3.8) is 0 Å². The first kappa shape index (κ1) is 26.5. The maximum Gasteiger partial charge on any atom is 0.416 e. The number of nitrogens with one attached hydrogen (secondary N) is 2. The maximum absolute atomic E-state index is 13.2. The Labute approximate surface area is 197 Å². The van der Waals surface area contributed by atoms with Gasteiger partial charge in [-0.3, -0.25) is 9.69 Å². The second kappa shape index (κ2) is 13.1. The number of rotatable bonds is 11. The van der Waals surface area contributed by atoms with E-state index in [9.17, 15) is 22.8 Å². The Kier molecular flexibility index (Phi) is 10.5. The smallest absolute Gasteiger partial charge is 0.356 e. The number of benzene rings is 2. The molecule has 2 aromatic carbocycles. The largest absolute Gasteiger partial charge is 0.416 e. The van der Waals surface area contributed by atoms with Crippen molar-refractivity contribution in [2.24, 2.45) is 0 Å². The summed E-state index contributed by atoms with van der Waals surface area (Å²) in [5.74, 6) is -0.0673. The molecule has 2 N–H and O–H groups in total. The van der Waals surface area contributed by atoms with Crippen LogP contribution in [0.25, 0.3) is 0 Å². The molecule has 2 rings (SSSR count). The summed E-state index contributed by atoms with van der Waals surface area (Å²) in [4.78, 5) is 26.1. The first-order valence-corrected chi connectivity index (χ1v) is 11.4. The van der Waals surface area contributed by atoms with Crippen LogP contribution in [0.4, 0.5) is 29.3 Å². The average Bonchev–Trinajstić information content (AvgIpc) is 2.77. The third kappa shape index (κ3) is 9.34. The van der Waals surface area contributed by atoms with Crippen LogP contribution >= 0.6 is 11.6 Å². The Morgan fingerprint density at radius 3 is 2.39 bits per heavy atom. The normalized spacial score (nSPS) is 11.2. The molecule has 0 atom stereocenters. The zero-order valence-electron chi connectivity index (χ0n) is 18.6. The highest BCUT2D eigenvalue weighted by Crippen LogP contribution is 2.32. The monoisotopic (exact) mass is 483 g/mol. The molecule has 0 aliphatic heterocycles. The van der Waals surface area contributed by atoms with Gasteiger partial charge in [0.15, 0.2) is 0 Å². The molecule has 0 spiro atoms. The van der Waals surface area contributed by atoms with E-state index in [2.05, 4.69) is 17.6 Å². The minimum atomic E-state index is -4.53. The van der Waals surface area contributed by atoms with E-state index in [0.29, 0.717) is 30.1 Å². The van der Waals surface area contributed by atoms with Crippen LogP contribution in [0, 0.1) is 0 Å². The van der Waals surface area contributed by atoms with Crippen LogP contribution in [0.2, 0.25) is 5.02 Å². The molecule has 0 unspecified atom stereocenters. The number of halogens is 4. The summed E-state index contributed by atoms with van der Waals surface area (Å²) in [5.41, 5.74) is -0.270. The van der Waals surface area contributed by atoms with Crippen LogP contribution in [-0.4, -0.2) is 25.0 Å². The lowest BCUT2D eigenvalue weighted by Crippen LogP contribution is -2.37. The van der Waals surface area contributed by atoms with Crippen molar-refractivity contribution >= 4 is 34.9 Å². The minimum absolute atomic E-state index is 0.0673. The van der Waals surface area contributed by atoms with E-state index in [-0.39, 0.29) is 18.1 Å². The summed E-state index contributed by atoms with van der Waals surface area (Å²) < 4.78 is 39.6. The summed E-state index contributed by atoms with van der Waals surface area (Å²) in [7, 11) is 0. The molecule has 5 nitrogen and oxygen atoms in total. The number of carbonyl (C=O) groups is 2. The summed E-state index contributed by atoms with van der Waals surface area (Å²) in [5, 5.41) is 5.97. The Balaban J connectivity index is 2.04. The topological polar surface area (TPSA) is 61.4 Å². The molecule has 0 aliphatic carbocycles. The minimum Gasteiger partial charge on any atom is -0.356 e. The van der Waals surface area contributed by atoms with Crippen LogP contribution in [0.3, 0.4) is 0 Å². The quantitative estimate of drug-likeness (QED) is 0.342. The van der Waals surface area contributed by atoms with Crippen molar-refractivity contribution in [1.82, 2.24) is 5.32 Å². The van der Waals surface area contributed by atoms with Crippen LogP contribution in [0.1, 0.15) is 51.0 Å². The van der Waals surface area contributed by atoms with Gasteiger partial charge in [0, 0.05) is 35.9 Å². The predicted molar refractivity (Wildman–Crippen MR) is 126 cm³/mol. The number of hydrogen-bond acceptors (Lipinski definition) is 2. The molecule has 0 bridgehead atoms. The second-order valence-corrected chi connectivity index (χ2v) is 8.09. The van der Waals surface area contributed by atoms with Crippen molar-refractivity contribution in [3.05, 3.63) is 59.1 Å². The van der Waals surface area contributed by atoms with Crippen molar-refractivity contribution in [2.45, 2.75) is 51.6 Å². The van der Waals surface area contributed by atoms with Crippen LogP contribution < -0.4 is 15.5 Å². The van der Waals surface area contributed by atoms with E-state index in [1.807, 2.05) is 0 Å². The summed E-state index contributed by atoms with van der Waals surface area (Å²) in [6.45, 7) is 2.53. The van der Waals surface area contributed by atoms with Crippen LogP contribution in [-0.2, 0) is 11.0 Å². The fraction of sp³-hybridized carbons (Fsp3) is 0.417. The molecule has 0 aliphatic rings. The Morgan fingerprint density at radius 1 is 1.00 bits per heavy atom. The fourth-order valence-corrected chi connectivity index (χ4v) is 3.31. The van der Waals surface area contributed by atoms with Crippen LogP contribution in [0.15, 0.2) is 48.5 Å². The molecule has 9 heteroatoms. The maximum atomic E-state index is 13.2. The zero-order valence-corrected chi connectivity index (χ0v) is 19.3. The Bertz CT molecular complexity index is 905. The number of alkyl halides is 3. The molecular weight excluding hydrogens is 455 g/mol. The van der Waals surface area contributed by atoms with Gasteiger partial charge in [-0.25, -0.2) is 4.79 Å². The molecule has 180 valence electrons. The molecule has 0 fully saturated rings. The molecule has 0 saturated carbocycles. The first-order valence-electron chi connectivity index (χ1n) is 11.0. The molecule has 3 amide bonds. The molecule has 0 aromatic heterocycles. The summed E-state index contributed by atoms with van der Waals surface area (Å²) in [6, 6.07) is 10.4. The number of carbonyl (C=O) groups excluding carboxylic acids is 2. The number of unbranched alkanes of at least 4 members (excludes halogenated alkanes) is 3. The van der Waals surface area contributed by atoms with Gasteiger partial charge in [0.05, 0.1) is 5.56 Å². The lowest BCUT2D eigenvalue weighted by molar-refractivity contribution is -0.137. The van der Waals surface area contributed by atoms with E-state index in [1.54, 1.807) is 24.3 Å². The SMILES string of the molecule is CCCCCCC(=O)NCCCN(C(=O)Nc1ccc(Cl)cc1)c1cccc(C(F)(F)F)c1. The van der Waals surface area contributed by atoms with E-state index in [0.717, 1.165) is 37.8 Å². The lowest BCUT2D eigenvalue weighted by Gasteiger charge is -2.24. The zero-order chi connectivity index (χ0) is 24.3. The first-order chi connectivity index (χ1) is 15.7. The third-order valence-electron chi connectivity index (χ3n) is 4.96. The van der Waals surface area contributed by atoms with Gasteiger partial charge < -0.3 is 10.6 Å². The standard InChI is InChI=1S/C24H29ClF3N3O2/c1-2-3-4-5-10-22(32)29-15-7-16-31(21-9-6-8-18(17-21)24(26,27)28)23(33)30-20-13-11-19(25)12-14-20/h6,8-9,11-14,17H,2-5,7,10,15-16H2,1H3,(H,29,32)(H,30,33). The van der Waals surface area contributed by atoms with E-state index >= 15 is 0 Å². The second-order valence-electron chi connectivity index (χ2n) is 7.65. The van der Waals surface area contributed by atoms with Crippen molar-refractivity contribution in [1.29, 1.82) is 0 Å². The van der Waals surface area contributed by atoms with Crippen molar-refractivity contribution in [3.8, 4) is 0 Å². The van der Waals surface area contributed by atoms with Gasteiger partial charge in [-0.1, -0.05) is 43.9 Å². The number of hydrogen-bond donors (Lipinski definition) is 2. The highest BCUT2D eigenvalue weighted by atomic mass is 35.5. The Hall–Kier alpha value is -2.74. The Morgan fingerprint density at radius 2 is 1.73 bits per heavy atom. The third-order valence-corrected chi connectivity index (χ3v) is 5.22. The van der Waals surface area contributed by atoms with E-state index in [1.165, 1.54) is 17.0 Å². The average molecular weight is 484 g/mol. The summed E-state index contributed by atoms with van der Waals surface area (Å²) in [6.07, 6.45) is 0.282. The molecule has 2 aromatic rings. The van der Waals surface area contributed by atoms with Crippen LogP contribution in [0.5, 0.6) is 0 Å². The van der Waals surface area contributed by atoms with Gasteiger partial charge in [0.2, 0.25) is 5.91 Å². The van der Waals surface area contributed by atoms with Gasteiger partial charge in [0.1, 0.15) is 0 Å². The van der Waals surface area contributed by atoms with Gasteiger partial charge >= 0.3 is 12.2 Å². The molecule has 0 saturated heterocycles. The number of anilines is 2. The van der Waals surface area contributed by atoms with Gasteiger partial charge in [-0.05, 0) is 55.3 Å². The number of amides is 3. The van der Waals surface area contributed by atoms with Gasteiger partial charge in [-0.15, -0.1) is 0 Å². The van der Waals surface area contributed by atoms with E-state index < -0.39 is 17.8 Å². The van der Waals surface area contributed by atoms with Crippen molar-refractivity contribution < 1.29 is 22.8 Å². The number of nitrogens with zero attached hydrogens (tertiary/aromatic N) is 1. The van der Waals surface area contributed by atoms with Gasteiger partial charge in [-0.2, -0.15) is 13.2 Å². The molecular formula is C24H29ClF3N3O2. The highest BCUT2D eigenvalue weighted by molar-refractivity contribution is 6.30. The lowest BCUT2D eigenvalue weighted by atomic mass is 10.1. The highest BCUT2D eigenvalue weighted by Gasteiger charge is 2.31. The molecule has 0 radical (unpaired) electrons. The summed E-state index contributed by atoms with van der Waals surface area (Å²) >= 11 is 5.86. The van der Waals surface area contributed by atoms with Crippen molar-refractivity contribution in [2.75, 3.05) is 23.3 Å². The molecule has 0 heterocycles. The molecule has 33 heavy (non-hydrogen) atoms. The predicted octanol–water partition coefficient (Wildman–Crippen LogP) is 6.87. The fourth-order valence-electron chi connectivity index (χ4n) is 3.19. The van der Waals surface area contributed by atoms with Gasteiger partial charge in [0.25, 0.3) is 0 Å².